The number of esters is 1. The van der Waals surface area contributed by atoms with Crippen molar-refractivity contribution in [2.24, 2.45) is 0 Å². The molecule has 0 aliphatic heterocycles. The van der Waals surface area contributed by atoms with Crippen LogP contribution in [0.2, 0.25) is 0 Å². The van der Waals surface area contributed by atoms with Crippen LogP contribution in [0.3, 0.4) is 0 Å². The molecule has 0 N–H and O–H groups in total. The van der Waals surface area contributed by atoms with E-state index in [-0.39, 0.29) is 11.8 Å². The van der Waals surface area contributed by atoms with Gasteiger partial charge in [0, 0.05) is 5.57 Å². The molecule has 0 saturated heterocycles. The van der Waals surface area contributed by atoms with E-state index >= 15 is 0 Å². The third-order valence-corrected chi connectivity index (χ3v) is 4.86. The predicted molar refractivity (Wildman–Crippen MR) is 125 cm³/mol. The van der Waals surface area contributed by atoms with Gasteiger partial charge >= 0.3 is 5.97 Å². The molecule has 0 atom stereocenters. The first-order chi connectivity index (χ1) is 15.5. The van der Waals surface area contributed by atoms with Gasteiger partial charge < -0.3 is 9.47 Å². The lowest BCUT2D eigenvalue weighted by Gasteiger charge is -2.07. The molecule has 0 aromatic heterocycles. The fourth-order valence-corrected chi connectivity index (χ4v) is 3.03. The summed E-state index contributed by atoms with van der Waals surface area (Å²) >= 11 is 0. The first-order valence-corrected chi connectivity index (χ1v) is 10.9. The highest BCUT2D eigenvalue weighted by Gasteiger charge is 2.04. The molecule has 2 aromatic carbocycles. The van der Waals surface area contributed by atoms with Gasteiger partial charge in [-0.25, -0.2) is 9.18 Å². The van der Waals surface area contributed by atoms with Crippen LogP contribution >= 0.6 is 0 Å². The minimum absolute atomic E-state index is 0.302. The third kappa shape index (κ3) is 9.18. The molecule has 32 heavy (non-hydrogen) atoms. The Morgan fingerprint density at radius 1 is 0.969 bits per heavy atom. The Kier molecular flexibility index (Phi) is 10.7. The Bertz CT molecular complexity index is 940. The van der Waals surface area contributed by atoms with Crippen LogP contribution in [0.5, 0.6) is 5.75 Å². The molecule has 2 rings (SSSR count). The summed E-state index contributed by atoms with van der Waals surface area (Å²) in [6, 6.07) is 15.7. The molecule has 0 heterocycles. The molecule has 0 radical (unpaired) electrons. The van der Waals surface area contributed by atoms with Crippen LogP contribution < -0.4 is 4.74 Å². The van der Waals surface area contributed by atoms with Gasteiger partial charge in [-0.05, 0) is 73.4 Å². The minimum Gasteiger partial charge on any atom is -0.494 e. The highest BCUT2D eigenvalue weighted by atomic mass is 19.1. The number of hydrogen-bond acceptors (Lipinski definition) is 4. The highest BCUT2D eigenvalue weighted by Crippen LogP contribution is 2.21. The van der Waals surface area contributed by atoms with Crippen LogP contribution in [0.15, 0.2) is 60.7 Å². The van der Waals surface area contributed by atoms with E-state index in [1.807, 2.05) is 24.3 Å². The Balaban J connectivity index is 1.64. The van der Waals surface area contributed by atoms with Crippen LogP contribution in [0.4, 0.5) is 4.39 Å². The number of nitrogens with zero attached hydrogens (tertiary/aromatic N) is 1. The first kappa shape index (κ1) is 24.9. The molecule has 0 aliphatic carbocycles. The van der Waals surface area contributed by atoms with Gasteiger partial charge in [0.25, 0.3) is 0 Å². The third-order valence-electron chi connectivity index (χ3n) is 4.86. The van der Waals surface area contributed by atoms with Crippen LogP contribution in [-0.2, 0) is 9.53 Å². The van der Waals surface area contributed by atoms with Crippen molar-refractivity contribution in [2.75, 3.05) is 13.2 Å². The van der Waals surface area contributed by atoms with E-state index in [0.29, 0.717) is 24.4 Å². The van der Waals surface area contributed by atoms with Crippen molar-refractivity contribution in [3.8, 4) is 11.8 Å². The number of hydrogen-bond donors (Lipinski definition) is 0. The average Bonchev–Trinajstić information content (AvgIpc) is 2.80. The number of nitriles is 1. The molecule has 0 bridgehead atoms. The van der Waals surface area contributed by atoms with Gasteiger partial charge in [-0.1, -0.05) is 44.4 Å². The largest absolute Gasteiger partial charge is 0.494 e. The van der Waals surface area contributed by atoms with E-state index in [2.05, 4.69) is 12.6 Å². The molecule has 0 unspecified atom stereocenters. The normalized spacial score (nSPS) is 11.0. The summed E-state index contributed by atoms with van der Waals surface area (Å²) in [6.07, 6.45) is 7.94. The van der Waals surface area contributed by atoms with Gasteiger partial charge in [0.1, 0.15) is 11.6 Å². The summed E-state index contributed by atoms with van der Waals surface area (Å²) in [5.41, 5.74) is 2.51. The van der Waals surface area contributed by atoms with Crippen molar-refractivity contribution in [3.63, 3.8) is 0 Å². The second-order valence-corrected chi connectivity index (χ2v) is 7.63. The van der Waals surface area contributed by atoms with Crippen LogP contribution in [0, 0.1) is 17.1 Å². The second kappa shape index (κ2) is 13.8. The molecule has 0 aliphatic rings. The lowest BCUT2D eigenvalue weighted by atomic mass is 10.0. The van der Waals surface area contributed by atoms with Crippen molar-refractivity contribution in [2.45, 2.75) is 45.4 Å². The smallest absolute Gasteiger partial charge is 0.333 e. The monoisotopic (exact) mass is 435 g/mol. The number of benzene rings is 2. The topological polar surface area (TPSA) is 59.3 Å². The van der Waals surface area contributed by atoms with Gasteiger partial charge in [0.05, 0.1) is 24.9 Å². The van der Waals surface area contributed by atoms with Crippen molar-refractivity contribution >= 4 is 17.6 Å². The fourth-order valence-electron chi connectivity index (χ4n) is 3.03. The number of halogens is 1. The Labute approximate surface area is 190 Å². The van der Waals surface area contributed by atoms with Crippen LogP contribution in [0.25, 0.3) is 11.6 Å². The van der Waals surface area contributed by atoms with Crippen molar-refractivity contribution < 1.29 is 18.7 Å². The summed E-state index contributed by atoms with van der Waals surface area (Å²) in [5, 5.41) is 9.45. The number of ether oxygens (including phenoxy) is 2. The molecule has 0 saturated carbocycles. The van der Waals surface area contributed by atoms with Crippen LogP contribution in [-0.4, -0.2) is 19.2 Å². The van der Waals surface area contributed by atoms with E-state index in [0.717, 1.165) is 55.4 Å². The van der Waals surface area contributed by atoms with Gasteiger partial charge in [0.15, 0.2) is 0 Å². The summed E-state index contributed by atoms with van der Waals surface area (Å²) in [7, 11) is 0. The van der Waals surface area contributed by atoms with E-state index < -0.39 is 0 Å². The van der Waals surface area contributed by atoms with Gasteiger partial charge in [-0.3, -0.25) is 0 Å². The summed E-state index contributed by atoms with van der Waals surface area (Å²) in [5.74, 6) is 0.152. The van der Waals surface area contributed by atoms with Gasteiger partial charge in [-0.2, -0.15) is 5.26 Å². The second-order valence-electron chi connectivity index (χ2n) is 7.63. The zero-order valence-corrected chi connectivity index (χ0v) is 18.6. The van der Waals surface area contributed by atoms with E-state index in [1.165, 1.54) is 12.1 Å². The predicted octanol–water partition coefficient (Wildman–Crippen LogP) is 6.73. The highest BCUT2D eigenvalue weighted by molar-refractivity contribution is 5.89. The van der Waals surface area contributed by atoms with E-state index in [1.54, 1.807) is 25.1 Å². The summed E-state index contributed by atoms with van der Waals surface area (Å²) in [4.78, 5) is 11.3. The van der Waals surface area contributed by atoms with E-state index in [4.69, 9.17) is 9.47 Å². The molecular formula is C27H30FNO3. The zero-order chi connectivity index (χ0) is 23.2. The molecule has 0 amide bonds. The molecular weight excluding hydrogens is 405 g/mol. The van der Waals surface area contributed by atoms with E-state index in [9.17, 15) is 14.4 Å². The number of unbranched alkanes of at least 4 members (excludes halogenated alkanes) is 5. The van der Waals surface area contributed by atoms with Crippen molar-refractivity contribution in [3.05, 3.63) is 77.6 Å². The molecule has 168 valence electrons. The SMILES string of the molecule is C=C(C)C(=O)OCCCCCCCCOc1ccc(/C(C#N)=C/c2ccc(F)cc2)cc1. The van der Waals surface area contributed by atoms with Crippen LogP contribution in [0.1, 0.15) is 56.6 Å². The summed E-state index contributed by atoms with van der Waals surface area (Å²) < 4.78 is 23.9. The minimum atomic E-state index is -0.317. The Morgan fingerprint density at radius 2 is 1.56 bits per heavy atom. The van der Waals surface area contributed by atoms with Crippen molar-refractivity contribution in [1.82, 2.24) is 0 Å². The number of carbonyl (C=O) groups is 1. The molecule has 4 nitrogen and oxygen atoms in total. The lowest BCUT2D eigenvalue weighted by molar-refractivity contribution is -0.139. The molecule has 0 spiro atoms. The Hall–Kier alpha value is -3.39. The maximum Gasteiger partial charge on any atom is 0.333 e. The fraction of sp³-hybridized carbons (Fsp3) is 0.333. The Morgan fingerprint density at radius 3 is 2.16 bits per heavy atom. The zero-order valence-electron chi connectivity index (χ0n) is 18.6. The van der Waals surface area contributed by atoms with Crippen molar-refractivity contribution in [1.29, 1.82) is 5.26 Å². The van der Waals surface area contributed by atoms with Gasteiger partial charge in [0.2, 0.25) is 0 Å². The van der Waals surface area contributed by atoms with Gasteiger partial charge in [-0.15, -0.1) is 0 Å². The first-order valence-electron chi connectivity index (χ1n) is 10.9. The number of rotatable bonds is 13. The molecule has 0 fully saturated rings. The summed E-state index contributed by atoms with van der Waals surface area (Å²) in [6.45, 7) is 6.30. The lowest BCUT2D eigenvalue weighted by Crippen LogP contribution is -2.06. The molecule has 2 aromatic rings. The molecule has 5 heteroatoms. The standard InChI is InChI=1S/C27H30FNO3/c1-21(2)27(30)32-18-8-6-4-3-5-7-17-31-26-15-11-23(12-16-26)24(20-29)19-22-9-13-25(28)14-10-22/h9-16,19H,1,3-8,17-18H2,2H3/b24-19+. The average molecular weight is 436 g/mol. The maximum atomic E-state index is 13.0. The maximum absolute atomic E-state index is 13.0. The quantitative estimate of drug-likeness (QED) is 0.115. The number of allylic oxidation sites excluding steroid dienone is 1. The number of carbonyl (C=O) groups excluding carboxylic acids is 1.